The first-order valence-electron chi connectivity index (χ1n) is 6.77. The summed E-state index contributed by atoms with van der Waals surface area (Å²) < 4.78 is 12.5. The van der Waals surface area contributed by atoms with Crippen molar-refractivity contribution < 1.29 is 9.47 Å². The zero-order valence-corrected chi connectivity index (χ0v) is 12.0. The molecule has 5 nitrogen and oxygen atoms in total. The molecule has 1 aromatic heterocycles. The van der Waals surface area contributed by atoms with Crippen molar-refractivity contribution in [1.82, 2.24) is 9.78 Å². The Kier molecular flexibility index (Phi) is 3.04. The Balaban J connectivity index is 2.07. The van der Waals surface area contributed by atoms with Gasteiger partial charge in [0.2, 0.25) is 6.79 Å². The number of nitrogens with zero attached hydrogens (tertiary/aromatic N) is 2. The molecular formula is C15H19N3O2. The number of aryl methyl sites for hydroxylation is 1. The van der Waals surface area contributed by atoms with E-state index in [0.717, 1.165) is 40.6 Å². The van der Waals surface area contributed by atoms with Gasteiger partial charge in [0.05, 0.1) is 5.69 Å². The predicted molar refractivity (Wildman–Crippen MR) is 77.7 cm³/mol. The lowest BCUT2D eigenvalue weighted by Gasteiger charge is -2.07. The average molecular weight is 273 g/mol. The highest BCUT2D eigenvalue weighted by Crippen LogP contribution is 2.37. The smallest absolute Gasteiger partial charge is 0.231 e. The third-order valence-electron chi connectivity index (χ3n) is 3.45. The number of ether oxygens (including phenoxy) is 2. The van der Waals surface area contributed by atoms with Gasteiger partial charge in [0.25, 0.3) is 0 Å². The molecule has 0 atom stereocenters. The Morgan fingerprint density at radius 1 is 1.30 bits per heavy atom. The van der Waals surface area contributed by atoms with Gasteiger partial charge in [0.1, 0.15) is 5.82 Å². The van der Waals surface area contributed by atoms with E-state index >= 15 is 0 Å². The maximum Gasteiger partial charge on any atom is 0.231 e. The molecule has 5 heteroatoms. The first-order valence-corrected chi connectivity index (χ1v) is 6.77. The zero-order valence-electron chi connectivity index (χ0n) is 12.0. The standard InChI is InChI=1S/C15H19N3O2/c1-9(2)6-11-14(17-18(3)15(11)16)10-4-5-12-13(7-10)20-8-19-12/h4-5,7,9H,6,8,16H2,1-3H3. The summed E-state index contributed by atoms with van der Waals surface area (Å²) in [6.45, 7) is 4.63. The predicted octanol–water partition coefficient (Wildman–Crippen LogP) is 2.60. The van der Waals surface area contributed by atoms with Crippen molar-refractivity contribution in [3.05, 3.63) is 23.8 Å². The fraction of sp³-hybridized carbons (Fsp3) is 0.400. The SMILES string of the molecule is CC(C)Cc1c(-c2ccc3c(c2)OCO3)nn(C)c1N. The summed E-state index contributed by atoms with van der Waals surface area (Å²) in [7, 11) is 1.87. The van der Waals surface area contributed by atoms with Crippen LogP contribution >= 0.6 is 0 Å². The molecule has 2 N–H and O–H groups in total. The largest absolute Gasteiger partial charge is 0.454 e. The number of hydrogen-bond acceptors (Lipinski definition) is 4. The van der Waals surface area contributed by atoms with Gasteiger partial charge in [-0.2, -0.15) is 5.10 Å². The Morgan fingerprint density at radius 3 is 2.80 bits per heavy atom. The minimum Gasteiger partial charge on any atom is -0.454 e. The molecule has 106 valence electrons. The molecule has 3 rings (SSSR count). The molecular weight excluding hydrogens is 254 g/mol. The molecule has 0 unspecified atom stereocenters. The molecule has 0 bridgehead atoms. The molecule has 0 spiro atoms. The summed E-state index contributed by atoms with van der Waals surface area (Å²) in [6.07, 6.45) is 0.906. The first-order chi connectivity index (χ1) is 9.56. The first kappa shape index (κ1) is 12.8. The van der Waals surface area contributed by atoms with Gasteiger partial charge in [-0.3, -0.25) is 4.68 Å². The fourth-order valence-corrected chi connectivity index (χ4v) is 2.47. The lowest BCUT2D eigenvalue weighted by atomic mass is 9.99. The summed E-state index contributed by atoms with van der Waals surface area (Å²) in [5.74, 6) is 2.80. The van der Waals surface area contributed by atoms with E-state index in [4.69, 9.17) is 15.2 Å². The minimum absolute atomic E-state index is 0.280. The average Bonchev–Trinajstić information content (AvgIpc) is 2.97. The maximum atomic E-state index is 6.15. The van der Waals surface area contributed by atoms with Crippen LogP contribution in [-0.2, 0) is 13.5 Å². The van der Waals surface area contributed by atoms with Crippen LogP contribution in [0.3, 0.4) is 0 Å². The van der Waals surface area contributed by atoms with E-state index in [0.29, 0.717) is 5.92 Å². The van der Waals surface area contributed by atoms with Crippen molar-refractivity contribution in [2.75, 3.05) is 12.5 Å². The lowest BCUT2D eigenvalue weighted by molar-refractivity contribution is 0.174. The zero-order chi connectivity index (χ0) is 14.3. The van der Waals surface area contributed by atoms with Crippen molar-refractivity contribution in [1.29, 1.82) is 0 Å². The maximum absolute atomic E-state index is 6.15. The van der Waals surface area contributed by atoms with Gasteiger partial charge < -0.3 is 15.2 Å². The van der Waals surface area contributed by atoms with E-state index in [1.807, 2.05) is 25.2 Å². The molecule has 0 fully saturated rings. The second-order valence-corrected chi connectivity index (χ2v) is 5.50. The number of rotatable bonds is 3. The molecule has 0 amide bonds. The van der Waals surface area contributed by atoms with Gasteiger partial charge in [-0.25, -0.2) is 0 Å². The molecule has 0 aliphatic carbocycles. The van der Waals surface area contributed by atoms with E-state index in [1.165, 1.54) is 0 Å². The monoisotopic (exact) mass is 273 g/mol. The summed E-state index contributed by atoms with van der Waals surface area (Å²) in [5.41, 5.74) is 9.18. The second kappa shape index (κ2) is 4.74. The molecule has 20 heavy (non-hydrogen) atoms. The van der Waals surface area contributed by atoms with Gasteiger partial charge in [-0.05, 0) is 30.5 Å². The lowest BCUT2D eigenvalue weighted by Crippen LogP contribution is -2.02. The van der Waals surface area contributed by atoms with Crippen LogP contribution in [-0.4, -0.2) is 16.6 Å². The number of fused-ring (bicyclic) bond motifs is 1. The van der Waals surface area contributed by atoms with Gasteiger partial charge >= 0.3 is 0 Å². The van der Waals surface area contributed by atoms with Crippen LogP contribution in [0.4, 0.5) is 5.82 Å². The van der Waals surface area contributed by atoms with Crippen molar-refractivity contribution in [3.63, 3.8) is 0 Å². The van der Waals surface area contributed by atoms with Gasteiger partial charge in [-0.15, -0.1) is 0 Å². The van der Waals surface area contributed by atoms with Gasteiger partial charge in [0, 0.05) is 18.2 Å². The third kappa shape index (κ3) is 2.09. The van der Waals surface area contributed by atoms with E-state index in [1.54, 1.807) is 4.68 Å². The van der Waals surface area contributed by atoms with Crippen LogP contribution in [0.2, 0.25) is 0 Å². The minimum atomic E-state index is 0.280. The van der Waals surface area contributed by atoms with Crippen molar-refractivity contribution in [2.45, 2.75) is 20.3 Å². The molecule has 1 aliphatic heterocycles. The molecule has 2 aromatic rings. The Bertz CT molecular complexity index is 647. The normalized spacial score (nSPS) is 13.2. The van der Waals surface area contributed by atoms with Crippen LogP contribution in [0, 0.1) is 5.92 Å². The van der Waals surface area contributed by atoms with Crippen LogP contribution in [0.25, 0.3) is 11.3 Å². The number of benzene rings is 1. The highest BCUT2D eigenvalue weighted by molar-refractivity contribution is 5.71. The summed E-state index contributed by atoms with van der Waals surface area (Å²) >= 11 is 0. The van der Waals surface area contributed by atoms with E-state index in [2.05, 4.69) is 18.9 Å². The molecule has 1 aromatic carbocycles. The van der Waals surface area contributed by atoms with Crippen molar-refractivity contribution in [2.24, 2.45) is 13.0 Å². The quantitative estimate of drug-likeness (QED) is 0.933. The molecule has 0 saturated carbocycles. The van der Waals surface area contributed by atoms with Gasteiger partial charge in [0.15, 0.2) is 11.5 Å². The number of anilines is 1. The molecule has 0 saturated heterocycles. The van der Waals surface area contributed by atoms with Crippen molar-refractivity contribution in [3.8, 4) is 22.8 Å². The van der Waals surface area contributed by atoms with E-state index in [9.17, 15) is 0 Å². The Labute approximate surface area is 118 Å². The Morgan fingerprint density at radius 2 is 2.05 bits per heavy atom. The van der Waals surface area contributed by atoms with E-state index < -0.39 is 0 Å². The Hall–Kier alpha value is -2.17. The summed E-state index contributed by atoms with van der Waals surface area (Å²) in [5, 5.41) is 4.55. The number of aromatic nitrogens is 2. The number of nitrogen functional groups attached to an aromatic ring is 1. The number of nitrogens with two attached hydrogens (primary N) is 1. The highest BCUT2D eigenvalue weighted by Gasteiger charge is 2.20. The van der Waals surface area contributed by atoms with Crippen molar-refractivity contribution >= 4 is 5.82 Å². The van der Waals surface area contributed by atoms with Crippen LogP contribution < -0.4 is 15.2 Å². The van der Waals surface area contributed by atoms with Gasteiger partial charge in [-0.1, -0.05) is 13.8 Å². The molecule has 1 aliphatic rings. The number of hydrogen-bond donors (Lipinski definition) is 1. The highest BCUT2D eigenvalue weighted by atomic mass is 16.7. The van der Waals surface area contributed by atoms with Crippen LogP contribution in [0.5, 0.6) is 11.5 Å². The second-order valence-electron chi connectivity index (χ2n) is 5.50. The summed E-state index contributed by atoms with van der Waals surface area (Å²) in [4.78, 5) is 0. The van der Waals surface area contributed by atoms with E-state index in [-0.39, 0.29) is 6.79 Å². The fourth-order valence-electron chi connectivity index (χ4n) is 2.47. The van der Waals surface area contributed by atoms with Crippen LogP contribution in [0.1, 0.15) is 19.4 Å². The summed E-state index contributed by atoms with van der Waals surface area (Å²) in [6, 6.07) is 5.88. The van der Waals surface area contributed by atoms with Crippen LogP contribution in [0.15, 0.2) is 18.2 Å². The molecule has 2 heterocycles. The molecule has 0 radical (unpaired) electrons. The topological polar surface area (TPSA) is 62.3 Å². The third-order valence-corrected chi connectivity index (χ3v) is 3.45.